The van der Waals surface area contributed by atoms with Gasteiger partial charge in [0.1, 0.15) is 5.82 Å². The SMILES string of the molecule is C[C@H](O)[C@@H]1CCN(C(=O)NCC2(c3ccc(F)cc3)CCCC2)C1. The monoisotopic (exact) mass is 334 g/mol. The molecule has 24 heavy (non-hydrogen) atoms. The van der Waals surface area contributed by atoms with E-state index >= 15 is 0 Å². The van der Waals surface area contributed by atoms with E-state index in [4.69, 9.17) is 0 Å². The fourth-order valence-corrected chi connectivity index (χ4v) is 4.14. The number of amides is 2. The lowest BCUT2D eigenvalue weighted by Crippen LogP contribution is -2.45. The van der Waals surface area contributed by atoms with Gasteiger partial charge >= 0.3 is 6.03 Å². The van der Waals surface area contributed by atoms with Gasteiger partial charge in [-0.2, -0.15) is 0 Å². The summed E-state index contributed by atoms with van der Waals surface area (Å²) < 4.78 is 13.2. The molecule has 2 atom stereocenters. The second kappa shape index (κ2) is 7.09. The largest absolute Gasteiger partial charge is 0.393 e. The molecule has 3 rings (SSSR count). The van der Waals surface area contributed by atoms with Gasteiger partial charge in [-0.3, -0.25) is 0 Å². The minimum Gasteiger partial charge on any atom is -0.393 e. The first-order chi connectivity index (χ1) is 11.5. The standard InChI is InChI=1S/C19H27FN2O2/c1-14(23)15-8-11-22(12-15)18(24)21-13-19(9-2-3-10-19)16-4-6-17(20)7-5-16/h4-7,14-15,23H,2-3,8-13H2,1H3,(H,21,24)/t14-,15+/m0/s1. The van der Waals surface area contributed by atoms with Crippen LogP contribution in [0.5, 0.6) is 0 Å². The van der Waals surface area contributed by atoms with Gasteiger partial charge < -0.3 is 15.3 Å². The molecule has 2 amide bonds. The van der Waals surface area contributed by atoms with Gasteiger partial charge in [0.05, 0.1) is 6.10 Å². The maximum Gasteiger partial charge on any atom is 0.317 e. The average molecular weight is 334 g/mol. The zero-order chi connectivity index (χ0) is 17.2. The van der Waals surface area contributed by atoms with Crippen LogP contribution in [-0.2, 0) is 5.41 Å². The summed E-state index contributed by atoms with van der Waals surface area (Å²) in [6.45, 7) is 3.69. The first-order valence-corrected chi connectivity index (χ1v) is 8.97. The average Bonchev–Trinajstić information content (AvgIpc) is 3.23. The highest BCUT2D eigenvalue weighted by molar-refractivity contribution is 5.74. The Hall–Kier alpha value is -1.62. The summed E-state index contributed by atoms with van der Waals surface area (Å²) in [5, 5.41) is 12.8. The van der Waals surface area contributed by atoms with E-state index in [9.17, 15) is 14.3 Å². The number of halogens is 1. The van der Waals surface area contributed by atoms with Crippen LogP contribution in [0.25, 0.3) is 0 Å². The first-order valence-electron chi connectivity index (χ1n) is 8.97. The Morgan fingerprint density at radius 3 is 2.62 bits per heavy atom. The molecule has 0 unspecified atom stereocenters. The summed E-state index contributed by atoms with van der Waals surface area (Å²) in [7, 11) is 0. The molecular formula is C19H27FN2O2. The van der Waals surface area contributed by atoms with Gasteiger partial charge in [0.2, 0.25) is 0 Å². The van der Waals surface area contributed by atoms with Crippen molar-refractivity contribution in [3.05, 3.63) is 35.6 Å². The van der Waals surface area contributed by atoms with Crippen LogP contribution in [-0.4, -0.2) is 41.8 Å². The second-order valence-corrected chi connectivity index (χ2v) is 7.39. The number of nitrogens with zero attached hydrogens (tertiary/aromatic N) is 1. The molecule has 5 heteroatoms. The van der Waals surface area contributed by atoms with Gasteiger partial charge in [0.15, 0.2) is 0 Å². The lowest BCUT2D eigenvalue weighted by atomic mass is 9.79. The Bertz CT molecular complexity index is 567. The van der Waals surface area contributed by atoms with Crippen molar-refractivity contribution >= 4 is 6.03 Å². The fourth-order valence-electron chi connectivity index (χ4n) is 4.14. The van der Waals surface area contributed by atoms with Crippen molar-refractivity contribution in [2.45, 2.75) is 50.5 Å². The molecule has 0 radical (unpaired) electrons. The Balaban J connectivity index is 1.63. The van der Waals surface area contributed by atoms with Crippen molar-refractivity contribution in [3.63, 3.8) is 0 Å². The fraction of sp³-hybridized carbons (Fsp3) is 0.632. The number of urea groups is 1. The van der Waals surface area contributed by atoms with E-state index < -0.39 is 0 Å². The number of nitrogens with one attached hydrogen (secondary N) is 1. The number of aliphatic hydroxyl groups is 1. The lowest BCUT2D eigenvalue weighted by molar-refractivity contribution is 0.129. The van der Waals surface area contributed by atoms with Gasteiger partial charge in [-0.15, -0.1) is 0 Å². The molecule has 1 aliphatic heterocycles. The van der Waals surface area contributed by atoms with E-state index in [2.05, 4.69) is 5.32 Å². The van der Waals surface area contributed by atoms with Crippen molar-refractivity contribution in [1.82, 2.24) is 10.2 Å². The Morgan fingerprint density at radius 1 is 1.38 bits per heavy atom. The Kier molecular flexibility index (Phi) is 5.09. The van der Waals surface area contributed by atoms with Crippen molar-refractivity contribution in [1.29, 1.82) is 0 Å². The predicted molar refractivity (Wildman–Crippen MR) is 91.3 cm³/mol. The van der Waals surface area contributed by atoms with Crippen LogP contribution in [0.15, 0.2) is 24.3 Å². The highest BCUT2D eigenvalue weighted by Crippen LogP contribution is 2.40. The minimum atomic E-state index is -0.372. The van der Waals surface area contributed by atoms with Gasteiger partial charge in [-0.05, 0) is 43.9 Å². The zero-order valence-electron chi connectivity index (χ0n) is 14.3. The van der Waals surface area contributed by atoms with Crippen LogP contribution < -0.4 is 5.32 Å². The molecule has 1 aliphatic carbocycles. The third kappa shape index (κ3) is 3.56. The highest BCUT2D eigenvalue weighted by Gasteiger charge is 2.37. The molecule has 1 saturated carbocycles. The molecule has 4 nitrogen and oxygen atoms in total. The smallest absolute Gasteiger partial charge is 0.317 e. The van der Waals surface area contributed by atoms with Gasteiger partial charge in [-0.1, -0.05) is 25.0 Å². The molecule has 1 aromatic rings. The van der Waals surface area contributed by atoms with E-state index in [0.717, 1.165) is 37.7 Å². The Morgan fingerprint density at radius 2 is 2.04 bits per heavy atom. The molecule has 0 aromatic heterocycles. The van der Waals surface area contributed by atoms with Crippen LogP contribution in [0, 0.1) is 11.7 Å². The molecule has 0 spiro atoms. The summed E-state index contributed by atoms with van der Waals surface area (Å²) in [4.78, 5) is 14.3. The number of hydrogen-bond acceptors (Lipinski definition) is 2. The number of likely N-dealkylation sites (tertiary alicyclic amines) is 1. The van der Waals surface area contributed by atoms with Gasteiger partial charge in [0.25, 0.3) is 0 Å². The molecule has 132 valence electrons. The van der Waals surface area contributed by atoms with E-state index in [1.54, 1.807) is 11.8 Å². The zero-order valence-corrected chi connectivity index (χ0v) is 14.3. The van der Waals surface area contributed by atoms with Gasteiger partial charge in [-0.25, -0.2) is 9.18 Å². The maximum absolute atomic E-state index is 13.2. The topological polar surface area (TPSA) is 52.6 Å². The molecule has 1 aromatic carbocycles. The number of benzene rings is 1. The summed E-state index contributed by atoms with van der Waals surface area (Å²) in [5.41, 5.74) is 1.04. The lowest BCUT2D eigenvalue weighted by Gasteiger charge is -2.31. The number of carbonyl (C=O) groups is 1. The summed E-state index contributed by atoms with van der Waals surface area (Å²) >= 11 is 0. The van der Waals surface area contributed by atoms with Gasteiger partial charge in [0, 0.05) is 31.0 Å². The minimum absolute atomic E-state index is 0.0495. The molecule has 0 bridgehead atoms. The Labute approximate surface area is 143 Å². The van der Waals surface area contributed by atoms with E-state index in [1.165, 1.54) is 12.1 Å². The molecule has 1 heterocycles. The van der Waals surface area contributed by atoms with Crippen LogP contribution in [0.4, 0.5) is 9.18 Å². The molecular weight excluding hydrogens is 307 g/mol. The molecule has 2 N–H and O–H groups in total. The number of rotatable bonds is 4. The van der Waals surface area contributed by atoms with E-state index in [0.29, 0.717) is 19.6 Å². The first kappa shape index (κ1) is 17.2. The molecule has 1 saturated heterocycles. The predicted octanol–water partition coefficient (Wildman–Crippen LogP) is 3.05. The molecule has 2 aliphatic rings. The molecule has 2 fully saturated rings. The third-order valence-electron chi connectivity index (χ3n) is 5.79. The highest BCUT2D eigenvalue weighted by atomic mass is 19.1. The number of aliphatic hydroxyl groups excluding tert-OH is 1. The van der Waals surface area contributed by atoms with Crippen molar-refractivity contribution in [2.24, 2.45) is 5.92 Å². The summed E-state index contributed by atoms with van der Waals surface area (Å²) in [6, 6.07) is 6.67. The summed E-state index contributed by atoms with van der Waals surface area (Å²) in [5.74, 6) is -0.0505. The quantitative estimate of drug-likeness (QED) is 0.889. The normalized spacial score (nSPS) is 24.1. The number of carbonyl (C=O) groups excluding carboxylic acids is 1. The maximum atomic E-state index is 13.2. The van der Waals surface area contributed by atoms with Crippen LogP contribution in [0.2, 0.25) is 0 Å². The van der Waals surface area contributed by atoms with Crippen molar-refractivity contribution < 1.29 is 14.3 Å². The van der Waals surface area contributed by atoms with Crippen molar-refractivity contribution in [3.8, 4) is 0 Å². The second-order valence-electron chi connectivity index (χ2n) is 7.39. The van der Waals surface area contributed by atoms with E-state index in [-0.39, 0.29) is 29.3 Å². The van der Waals surface area contributed by atoms with Crippen LogP contribution in [0.1, 0.15) is 44.6 Å². The van der Waals surface area contributed by atoms with Crippen LogP contribution in [0.3, 0.4) is 0 Å². The number of hydrogen-bond donors (Lipinski definition) is 2. The van der Waals surface area contributed by atoms with Crippen molar-refractivity contribution in [2.75, 3.05) is 19.6 Å². The van der Waals surface area contributed by atoms with E-state index in [1.807, 2.05) is 12.1 Å². The summed E-state index contributed by atoms with van der Waals surface area (Å²) in [6.07, 6.45) is 4.81. The third-order valence-corrected chi connectivity index (χ3v) is 5.79. The van der Waals surface area contributed by atoms with Crippen LogP contribution >= 0.6 is 0 Å².